The van der Waals surface area contributed by atoms with Gasteiger partial charge in [-0.3, -0.25) is 4.79 Å². The number of hydrogen-bond donors (Lipinski definition) is 2. The van der Waals surface area contributed by atoms with Gasteiger partial charge >= 0.3 is 6.03 Å². The molecule has 0 aliphatic carbocycles. The van der Waals surface area contributed by atoms with Gasteiger partial charge in [0.05, 0.1) is 0 Å². The van der Waals surface area contributed by atoms with E-state index in [1.54, 1.807) is 0 Å². The molecule has 2 aliphatic heterocycles. The third-order valence-electron chi connectivity index (χ3n) is 5.38. The van der Waals surface area contributed by atoms with Crippen molar-refractivity contribution in [2.75, 3.05) is 26.2 Å². The molecule has 27 heavy (non-hydrogen) atoms. The quantitative estimate of drug-likeness (QED) is 0.773. The topological polar surface area (TPSA) is 64.7 Å². The van der Waals surface area contributed by atoms with Crippen LogP contribution < -0.4 is 10.6 Å². The Hall–Kier alpha value is -2.08. The molecule has 148 valence electrons. The Balaban J connectivity index is 1.37. The number of benzene rings is 1. The van der Waals surface area contributed by atoms with Gasteiger partial charge in [-0.05, 0) is 50.4 Å². The first kappa shape index (κ1) is 19.7. The second-order valence-corrected chi connectivity index (χ2v) is 7.82. The monoisotopic (exact) mass is 372 g/mol. The Morgan fingerprint density at radius 3 is 2.41 bits per heavy atom. The molecule has 1 aromatic rings. The summed E-state index contributed by atoms with van der Waals surface area (Å²) in [5.41, 5.74) is 2.19. The van der Waals surface area contributed by atoms with Gasteiger partial charge in [0.1, 0.15) is 0 Å². The van der Waals surface area contributed by atoms with Crippen molar-refractivity contribution in [1.29, 1.82) is 0 Å². The van der Waals surface area contributed by atoms with Crippen molar-refractivity contribution >= 4 is 11.9 Å². The highest BCUT2D eigenvalue weighted by Crippen LogP contribution is 2.14. The molecule has 0 unspecified atom stereocenters. The minimum atomic E-state index is -0.119. The number of hydrogen-bond acceptors (Lipinski definition) is 3. The van der Waals surface area contributed by atoms with Crippen LogP contribution in [0.25, 0.3) is 0 Å². The van der Waals surface area contributed by atoms with Gasteiger partial charge in [0.25, 0.3) is 0 Å². The molecule has 1 aromatic carbocycles. The molecule has 0 saturated carbocycles. The lowest BCUT2D eigenvalue weighted by Crippen LogP contribution is -2.46. The lowest BCUT2D eigenvalue weighted by Gasteiger charge is -2.29. The molecular weight excluding hydrogens is 340 g/mol. The van der Waals surface area contributed by atoms with E-state index in [1.807, 2.05) is 29.2 Å². The van der Waals surface area contributed by atoms with Crippen molar-refractivity contribution < 1.29 is 9.59 Å². The number of carbonyl (C=O) groups excluding carboxylic acids is 2. The molecule has 2 heterocycles. The maximum absolute atomic E-state index is 12.1. The zero-order chi connectivity index (χ0) is 19.1. The van der Waals surface area contributed by atoms with Crippen LogP contribution in [0.5, 0.6) is 0 Å². The first-order valence-corrected chi connectivity index (χ1v) is 10.2. The Morgan fingerprint density at radius 1 is 1.04 bits per heavy atom. The Kier molecular flexibility index (Phi) is 7.10. The fraction of sp³-hybridized carbons (Fsp3) is 0.619. The highest BCUT2D eigenvalue weighted by Gasteiger charge is 2.19. The molecule has 2 N–H and O–H groups in total. The molecule has 2 aliphatic rings. The van der Waals surface area contributed by atoms with Crippen LogP contribution in [0.1, 0.15) is 50.2 Å². The van der Waals surface area contributed by atoms with Crippen molar-refractivity contribution in [3.8, 4) is 0 Å². The highest BCUT2D eigenvalue weighted by molar-refractivity contribution is 5.78. The molecule has 2 fully saturated rings. The van der Waals surface area contributed by atoms with Crippen LogP contribution in [0.2, 0.25) is 0 Å². The number of nitrogens with zero attached hydrogens (tertiary/aromatic N) is 2. The lowest BCUT2D eigenvalue weighted by atomic mass is 10.1. The molecule has 0 bridgehead atoms. The van der Waals surface area contributed by atoms with Crippen LogP contribution in [-0.2, 0) is 17.9 Å². The Labute approximate surface area is 162 Å². The van der Waals surface area contributed by atoms with Crippen LogP contribution in [0, 0.1) is 0 Å². The van der Waals surface area contributed by atoms with E-state index < -0.39 is 0 Å². The molecule has 0 radical (unpaired) electrons. The van der Waals surface area contributed by atoms with Gasteiger partial charge in [-0.2, -0.15) is 0 Å². The number of likely N-dealkylation sites (tertiary alicyclic amines) is 2. The van der Waals surface area contributed by atoms with Crippen LogP contribution in [0.3, 0.4) is 0 Å². The zero-order valence-corrected chi connectivity index (χ0v) is 16.4. The minimum Gasteiger partial charge on any atom is -0.338 e. The van der Waals surface area contributed by atoms with E-state index >= 15 is 0 Å². The van der Waals surface area contributed by atoms with Crippen molar-refractivity contribution in [2.45, 2.75) is 58.2 Å². The predicted molar refractivity (Wildman–Crippen MR) is 106 cm³/mol. The number of nitrogens with one attached hydrogen (secondary N) is 2. The summed E-state index contributed by atoms with van der Waals surface area (Å²) in [5, 5.41) is 5.96. The molecule has 3 rings (SSSR count). The average Bonchev–Trinajstić information content (AvgIpc) is 3.06. The summed E-state index contributed by atoms with van der Waals surface area (Å²) in [6.07, 6.45) is 5.49. The van der Waals surface area contributed by atoms with E-state index in [0.717, 1.165) is 43.7 Å². The van der Waals surface area contributed by atoms with E-state index in [2.05, 4.69) is 22.5 Å². The number of rotatable bonds is 7. The maximum atomic E-state index is 12.1. The van der Waals surface area contributed by atoms with E-state index in [4.69, 9.17) is 0 Å². The number of carbonyl (C=O) groups is 2. The molecule has 0 spiro atoms. The maximum Gasteiger partial charge on any atom is 0.315 e. The van der Waals surface area contributed by atoms with Gasteiger partial charge in [0.15, 0.2) is 0 Å². The van der Waals surface area contributed by atoms with Crippen LogP contribution in [0.4, 0.5) is 4.79 Å². The standard InChI is InChI=1S/C21H32N4O2/c1-17(15-24-11-3-2-4-12-24)23-21(27)22-14-18-7-9-19(10-8-18)16-25-13-5-6-20(25)26/h7-10,17H,2-6,11-16H2,1H3,(H2,22,23,27)/t17-/m1/s1. The summed E-state index contributed by atoms with van der Waals surface area (Å²) in [5.74, 6) is 0.246. The first-order valence-electron chi connectivity index (χ1n) is 10.2. The molecule has 0 aromatic heterocycles. The van der Waals surface area contributed by atoms with Gasteiger partial charge in [0, 0.05) is 38.6 Å². The first-order chi connectivity index (χ1) is 13.1. The van der Waals surface area contributed by atoms with E-state index in [9.17, 15) is 9.59 Å². The van der Waals surface area contributed by atoms with Gasteiger partial charge < -0.3 is 20.4 Å². The minimum absolute atomic E-state index is 0.119. The number of amides is 3. The lowest BCUT2D eigenvalue weighted by molar-refractivity contribution is -0.128. The summed E-state index contributed by atoms with van der Waals surface area (Å²) in [4.78, 5) is 28.2. The van der Waals surface area contributed by atoms with Crippen molar-refractivity contribution in [1.82, 2.24) is 20.4 Å². The summed E-state index contributed by atoms with van der Waals surface area (Å²) < 4.78 is 0. The molecular formula is C21H32N4O2. The van der Waals surface area contributed by atoms with Gasteiger partial charge in [-0.1, -0.05) is 30.7 Å². The average molecular weight is 373 g/mol. The van der Waals surface area contributed by atoms with E-state index in [1.165, 1.54) is 19.3 Å². The fourth-order valence-corrected chi connectivity index (χ4v) is 3.89. The third-order valence-corrected chi connectivity index (χ3v) is 5.38. The molecule has 6 nitrogen and oxygen atoms in total. The molecule has 2 saturated heterocycles. The summed E-state index contributed by atoms with van der Waals surface area (Å²) in [6.45, 7) is 7.30. The molecule has 1 atom stereocenters. The van der Waals surface area contributed by atoms with Crippen molar-refractivity contribution in [2.24, 2.45) is 0 Å². The van der Waals surface area contributed by atoms with Gasteiger partial charge in [-0.15, -0.1) is 0 Å². The van der Waals surface area contributed by atoms with Crippen LogP contribution in [0.15, 0.2) is 24.3 Å². The van der Waals surface area contributed by atoms with Crippen LogP contribution >= 0.6 is 0 Å². The van der Waals surface area contributed by atoms with Crippen molar-refractivity contribution in [3.05, 3.63) is 35.4 Å². The van der Waals surface area contributed by atoms with Crippen molar-refractivity contribution in [3.63, 3.8) is 0 Å². The van der Waals surface area contributed by atoms with Gasteiger partial charge in [-0.25, -0.2) is 4.79 Å². The Bertz CT molecular complexity index is 626. The molecule has 3 amide bonds. The van der Waals surface area contributed by atoms with Crippen LogP contribution in [-0.4, -0.2) is 54.0 Å². The molecule has 6 heteroatoms. The summed E-state index contributed by atoms with van der Waals surface area (Å²) in [6, 6.07) is 8.15. The normalized spacial score (nSPS) is 19.1. The number of urea groups is 1. The largest absolute Gasteiger partial charge is 0.338 e. The third kappa shape index (κ3) is 6.24. The predicted octanol–water partition coefficient (Wildman–Crippen LogP) is 2.48. The second-order valence-electron chi connectivity index (χ2n) is 7.82. The Morgan fingerprint density at radius 2 is 1.74 bits per heavy atom. The smallest absolute Gasteiger partial charge is 0.315 e. The second kappa shape index (κ2) is 9.74. The SMILES string of the molecule is C[C@H](CN1CCCCC1)NC(=O)NCc1ccc(CN2CCCC2=O)cc1. The van der Waals surface area contributed by atoms with Gasteiger partial charge in [0.2, 0.25) is 5.91 Å². The summed E-state index contributed by atoms with van der Waals surface area (Å²) in [7, 11) is 0. The highest BCUT2D eigenvalue weighted by atomic mass is 16.2. The fourth-order valence-electron chi connectivity index (χ4n) is 3.89. The van der Waals surface area contributed by atoms with E-state index in [-0.39, 0.29) is 18.0 Å². The van der Waals surface area contributed by atoms with E-state index in [0.29, 0.717) is 19.5 Å². The zero-order valence-electron chi connectivity index (χ0n) is 16.4. The number of piperidine rings is 1. The summed E-state index contributed by atoms with van der Waals surface area (Å²) >= 11 is 0.